The van der Waals surface area contributed by atoms with E-state index < -0.39 is 0 Å². The number of piperazine rings is 1. The molecule has 0 aromatic heterocycles. The van der Waals surface area contributed by atoms with Crippen molar-refractivity contribution < 1.29 is 4.79 Å². The molecule has 0 spiro atoms. The van der Waals surface area contributed by atoms with Gasteiger partial charge < -0.3 is 4.90 Å². The molecule has 154 valence electrons. The number of amides is 1. The molecule has 0 bridgehead atoms. The van der Waals surface area contributed by atoms with E-state index in [-0.39, 0.29) is 5.92 Å². The van der Waals surface area contributed by atoms with Gasteiger partial charge in [0, 0.05) is 45.2 Å². The molecule has 4 nitrogen and oxygen atoms in total. The average Bonchev–Trinajstić information content (AvgIpc) is 2.77. The molecule has 29 heavy (non-hydrogen) atoms. The smallest absolute Gasteiger partial charge is 0.225 e. The molecular formula is C25H33N3O. The minimum absolute atomic E-state index is 0.212. The fraction of sp³-hybridized carbons (Fsp3) is 0.480. The average molecular weight is 392 g/mol. The van der Waals surface area contributed by atoms with E-state index in [2.05, 4.69) is 76.2 Å². The summed E-state index contributed by atoms with van der Waals surface area (Å²) in [4.78, 5) is 20.1. The number of hydrogen-bond donors (Lipinski definition) is 0. The monoisotopic (exact) mass is 391 g/mol. The lowest BCUT2D eigenvalue weighted by molar-refractivity contribution is -0.139. The highest BCUT2D eigenvalue weighted by atomic mass is 16.2. The molecule has 2 aromatic rings. The van der Waals surface area contributed by atoms with E-state index >= 15 is 0 Å². The Morgan fingerprint density at radius 2 is 1.41 bits per heavy atom. The number of piperidine rings is 1. The van der Waals surface area contributed by atoms with Gasteiger partial charge in [0.15, 0.2) is 0 Å². The van der Waals surface area contributed by atoms with Crippen LogP contribution < -0.4 is 0 Å². The van der Waals surface area contributed by atoms with Crippen LogP contribution in [0.5, 0.6) is 0 Å². The lowest BCUT2D eigenvalue weighted by atomic mass is 9.94. The molecule has 4 rings (SSSR count). The number of benzene rings is 2. The third-order valence-electron chi connectivity index (χ3n) is 6.52. The number of carbonyl (C=O) groups is 1. The second-order valence-electron chi connectivity index (χ2n) is 8.56. The van der Waals surface area contributed by atoms with Crippen molar-refractivity contribution in [2.75, 3.05) is 39.3 Å². The first kappa shape index (κ1) is 20.1. The second kappa shape index (κ2) is 9.55. The van der Waals surface area contributed by atoms with Gasteiger partial charge in [-0.1, -0.05) is 54.6 Å². The van der Waals surface area contributed by atoms with Crippen LogP contribution in [0.1, 0.15) is 29.5 Å². The van der Waals surface area contributed by atoms with E-state index in [9.17, 15) is 4.79 Å². The highest BCUT2D eigenvalue weighted by Gasteiger charge is 2.30. The molecule has 4 heteroatoms. The van der Waals surface area contributed by atoms with Gasteiger partial charge in [-0.3, -0.25) is 14.6 Å². The number of hydrogen-bond acceptors (Lipinski definition) is 3. The number of aryl methyl sites for hydroxylation is 1. The lowest BCUT2D eigenvalue weighted by Crippen LogP contribution is -2.51. The first-order chi connectivity index (χ1) is 14.2. The number of carbonyl (C=O) groups excluding carboxylic acids is 1. The zero-order chi connectivity index (χ0) is 20.1. The van der Waals surface area contributed by atoms with Crippen LogP contribution in [-0.2, 0) is 17.9 Å². The summed E-state index contributed by atoms with van der Waals surface area (Å²) in [6, 6.07) is 19.3. The highest BCUT2D eigenvalue weighted by molar-refractivity contribution is 5.79. The maximum atomic E-state index is 13.0. The number of likely N-dealkylation sites (tertiary alicyclic amines) is 1. The predicted octanol–water partition coefficient (Wildman–Crippen LogP) is 3.55. The van der Waals surface area contributed by atoms with Crippen molar-refractivity contribution in [1.29, 1.82) is 0 Å². The largest absolute Gasteiger partial charge is 0.340 e. The molecule has 2 fully saturated rings. The molecule has 0 unspecified atom stereocenters. The lowest BCUT2D eigenvalue weighted by Gasteiger charge is -2.38. The Morgan fingerprint density at radius 3 is 2.10 bits per heavy atom. The normalized spacial score (nSPS) is 19.4. The zero-order valence-corrected chi connectivity index (χ0v) is 17.6. The molecule has 0 saturated carbocycles. The van der Waals surface area contributed by atoms with Crippen molar-refractivity contribution in [3.05, 3.63) is 71.3 Å². The van der Waals surface area contributed by atoms with Crippen LogP contribution in [0, 0.1) is 12.8 Å². The Kier molecular flexibility index (Phi) is 6.63. The molecule has 2 aliphatic rings. The van der Waals surface area contributed by atoms with Crippen molar-refractivity contribution in [2.45, 2.75) is 32.9 Å². The highest BCUT2D eigenvalue weighted by Crippen LogP contribution is 2.23. The minimum Gasteiger partial charge on any atom is -0.340 e. The molecule has 2 aliphatic heterocycles. The minimum atomic E-state index is 0.212. The van der Waals surface area contributed by atoms with Crippen LogP contribution >= 0.6 is 0 Å². The summed E-state index contributed by atoms with van der Waals surface area (Å²) in [5.74, 6) is 0.601. The predicted molar refractivity (Wildman–Crippen MR) is 117 cm³/mol. The third-order valence-corrected chi connectivity index (χ3v) is 6.52. The molecule has 2 aromatic carbocycles. The Labute approximate surface area is 175 Å². The van der Waals surface area contributed by atoms with Gasteiger partial charge in [-0.25, -0.2) is 0 Å². The Balaban J connectivity index is 1.21. The fourth-order valence-electron chi connectivity index (χ4n) is 4.59. The first-order valence-corrected chi connectivity index (χ1v) is 11.0. The quantitative estimate of drug-likeness (QED) is 0.780. The van der Waals surface area contributed by atoms with E-state index in [1.165, 1.54) is 16.7 Å². The van der Waals surface area contributed by atoms with Crippen LogP contribution in [0.25, 0.3) is 0 Å². The number of rotatable bonds is 5. The van der Waals surface area contributed by atoms with Crippen LogP contribution in [0.15, 0.2) is 54.6 Å². The molecule has 2 heterocycles. The van der Waals surface area contributed by atoms with Gasteiger partial charge in [0.1, 0.15) is 0 Å². The summed E-state index contributed by atoms with van der Waals surface area (Å²) in [6.07, 6.45) is 1.99. The van der Waals surface area contributed by atoms with Gasteiger partial charge in [-0.15, -0.1) is 0 Å². The van der Waals surface area contributed by atoms with Gasteiger partial charge in [-0.05, 0) is 49.5 Å². The van der Waals surface area contributed by atoms with Crippen molar-refractivity contribution >= 4 is 5.91 Å². The summed E-state index contributed by atoms with van der Waals surface area (Å²) in [6.45, 7) is 9.93. The van der Waals surface area contributed by atoms with Crippen LogP contribution in [0.3, 0.4) is 0 Å². The summed E-state index contributed by atoms with van der Waals surface area (Å²) in [5, 5.41) is 0. The maximum Gasteiger partial charge on any atom is 0.225 e. The molecule has 0 atom stereocenters. The van der Waals surface area contributed by atoms with E-state index in [4.69, 9.17) is 0 Å². The molecule has 0 aliphatic carbocycles. The standard InChI is InChI=1S/C25H33N3O/c1-21-7-5-6-10-24(21)20-26-13-11-23(12-14-26)25(29)28-17-15-27(16-18-28)19-22-8-3-2-4-9-22/h2-10,23H,11-20H2,1H3. The van der Waals surface area contributed by atoms with Gasteiger partial charge in [0.25, 0.3) is 0 Å². The van der Waals surface area contributed by atoms with E-state index in [1.807, 2.05) is 0 Å². The summed E-state index contributed by atoms with van der Waals surface area (Å²) in [7, 11) is 0. The fourth-order valence-corrected chi connectivity index (χ4v) is 4.59. The van der Waals surface area contributed by atoms with Crippen molar-refractivity contribution in [2.24, 2.45) is 5.92 Å². The summed E-state index contributed by atoms with van der Waals surface area (Å²) < 4.78 is 0. The molecular weight excluding hydrogens is 358 g/mol. The van der Waals surface area contributed by atoms with Gasteiger partial charge in [0.05, 0.1) is 0 Å². The van der Waals surface area contributed by atoms with Crippen molar-refractivity contribution in [3.8, 4) is 0 Å². The molecule has 0 radical (unpaired) electrons. The van der Waals surface area contributed by atoms with Crippen LogP contribution in [0.2, 0.25) is 0 Å². The number of nitrogens with zero attached hydrogens (tertiary/aromatic N) is 3. The first-order valence-electron chi connectivity index (χ1n) is 11.0. The maximum absolute atomic E-state index is 13.0. The SMILES string of the molecule is Cc1ccccc1CN1CCC(C(=O)N2CCN(Cc3ccccc3)CC2)CC1. The summed E-state index contributed by atoms with van der Waals surface area (Å²) in [5.41, 5.74) is 4.12. The molecule has 2 saturated heterocycles. The molecule has 0 N–H and O–H groups in total. The summed E-state index contributed by atoms with van der Waals surface area (Å²) >= 11 is 0. The zero-order valence-electron chi connectivity index (χ0n) is 17.6. The van der Waals surface area contributed by atoms with Gasteiger partial charge in [-0.2, -0.15) is 0 Å². The van der Waals surface area contributed by atoms with Crippen LogP contribution in [0.4, 0.5) is 0 Å². The topological polar surface area (TPSA) is 26.8 Å². The van der Waals surface area contributed by atoms with E-state index in [0.717, 1.165) is 65.2 Å². The van der Waals surface area contributed by atoms with Gasteiger partial charge >= 0.3 is 0 Å². The van der Waals surface area contributed by atoms with E-state index in [0.29, 0.717) is 5.91 Å². The Bertz CT molecular complexity index is 791. The Hall–Kier alpha value is -2.17. The van der Waals surface area contributed by atoms with Crippen molar-refractivity contribution in [1.82, 2.24) is 14.7 Å². The second-order valence-corrected chi connectivity index (χ2v) is 8.56. The third kappa shape index (κ3) is 5.26. The van der Waals surface area contributed by atoms with Gasteiger partial charge in [0.2, 0.25) is 5.91 Å². The van der Waals surface area contributed by atoms with Crippen molar-refractivity contribution in [3.63, 3.8) is 0 Å². The molecule has 1 amide bonds. The van der Waals surface area contributed by atoms with E-state index in [1.54, 1.807) is 0 Å². The van der Waals surface area contributed by atoms with Crippen LogP contribution in [-0.4, -0.2) is 59.9 Å². The Morgan fingerprint density at radius 1 is 0.793 bits per heavy atom.